The van der Waals surface area contributed by atoms with E-state index in [1.54, 1.807) is 0 Å². The summed E-state index contributed by atoms with van der Waals surface area (Å²) in [5, 5.41) is 7.96. The van der Waals surface area contributed by atoms with Crippen LogP contribution < -0.4 is 0 Å². The second kappa shape index (κ2) is 4.65. The van der Waals surface area contributed by atoms with Crippen molar-refractivity contribution in [2.45, 2.75) is 25.8 Å². The molecule has 3 aromatic heterocycles. The zero-order valence-corrected chi connectivity index (χ0v) is 11.4. The van der Waals surface area contributed by atoms with Gasteiger partial charge in [0.15, 0.2) is 12.0 Å². The van der Waals surface area contributed by atoms with E-state index in [4.69, 9.17) is 16.1 Å². The minimum Gasteiger partial charge on any atom is -0.340 e. The number of nitrogens with zero attached hydrogens (tertiary/aromatic N) is 6. The summed E-state index contributed by atoms with van der Waals surface area (Å²) < 4.78 is 8.87. The number of aromatic nitrogens is 6. The van der Waals surface area contributed by atoms with Crippen LogP contribution in [0.2, 0.25) is 0 Å². The molecule has 0 radical (unpaired) electrons. The fourth-order valence-electron chi connectivity index (χ4n) is 2.23. The van der Waals surface area contributed by atoms with E-state index >= 15 is 0 Å². The van der Waals surface area contributed by atoms with Gasteiger partial charge in [0.2, 0.25) is 5.89 Å². The lowest BCUT2D eigenvalue weighted by molar-refractivity contribution is 0.370. The minimum atomic E-state index is 0.359. The number of aryl methyl sites for hydroxylation is 4. The molecule has 0 N–H and O–H groups in total. The van der Waals surface area contributed by atoms with Crippen molar-refractivity contribution in [1.82, 2.24) is 29.5 Å². The van der Waals surface area contributed by atoms with Crippen molar-refractivity contribution in [3.63, 3.8) is 0 Å². The van der Waals surface area contributed by atoms with Crippen LogP contribution in [0.5, 0.6) is 0 Å². The number of hydrogen-bond acceptors (Lipinski definition) is 5. The number of imidazole rings is 1. The van der Waals surface area contributed by atoms with Crippen LogP contribution in [0.25, 0.3) is 11.2 Å². The third-order valence-corrected chi connectivity index (χ3v) is 3.28. The van der Waals surface area contributed by atoms with E-state index in [-0.39, 0.29) is 0 Å². The Bertz CT molecular complexity index is 698. The van der Waals surface area contributed by atoms with Gasteiger partial charge in [-0.2, -0.15) is 10.1 Å². The maximum absolute atomic E-state index is 5.96. The summed E-state index contributed by atoms with van der Waals surface area (Å²) in [6.07, 6.45) is 2.04. The molecular weight excluding hydrogens is 268 g/mol. The van der Waals surface area contributed by atoms with Gasteiger partial charge in [0, 0.05) is 20.0 Å². The molecule has 0 spiro atoms. The fourth-order valence-corrected chi connectivity index (χ4v) is 2.43. The van der Waals surface area contributed by atoms with Crippen molar-refractivity contribution >= 4 is 22.8 Å². The van der Waals surface area contributed by atoms with E-state index in [1.165, 1.54) is 6.33 Å². The Morgan fingerprint density at radius 3 is 2.95 bits per heavy atom. The van der Waals surface area contributed by atoms with Crippen molar-refractivity contribution in [2.24, 2.45) is 7.05 Å². The van der Waals surface area contributed by atoms with Gasteiger partial charge >= 0.3 is 0 Å². The number of rotatable bonds is 4. The highest BCUT2D eigenvalue weighted by atomic mass is 35.5. The van der Waals surface area contributed by atoms with Crippen LogP contribution in [0.3, 0.4) is 0 Å². The normalized spacial score (nSPS) is 11.5. The van der Waals surface area contributed by atoms with E-state index in [0.717, 1.165) is 22.7 Å². The van der Waals surface area contributed by atoms with Crippen LogP contribution in [0, 0.1) is 6.92 Å². The molecule has 0 aliphatic carbocycles. The Hall–Kier alpha value is -1.89. The predicted molar refractivity (Wildman–Crippen MR) is 68.8 cm³/mol. The summed E-state index contributed by atoms with van der Waals surface area (Å²) in [5.41, 5.74) is 2.76. The lowest BCUT2D eigenvalue weighted by atomic mass is 10.4. The Balaban J connectivity index is 2.00. The molecule has 0 aliphatic rings. The predicted octanol–water partition coefficient (Wildman–Crippen LogP) is 1.44. The van der Waals surface area contributed by atoms with Crippen LogP contribution in [0.15, 0.2) is 10.9 Å². The van der Waals surface area contributed by atoms with Crippen LogP contribution in [-0.2, 0) is 25.9 Å². The number of fused-ring (bicyclic) bond motifs is 1. The maximum atomic E-state index is 5.96. The molecule has 0 saturated heterocycles. The van der Waals surface area contributed by atoms with Gasteiger partial charge in [-0.1, -0.05) is 5.16 Å². The van der Waals surface area contributed by atoms with Crippen LogP contribution in [-0.4, -0.2) is 29.5 Å². The van der Waals surface area contributed by atoms with Crippen LogP contribution in [0.4, 0.5) is 0 Å². The minimum absolute atomic E-state index is 0.359. The second-order valence-corrected chi connectivity index (χ2v) is 4.55. The van der Waals surface area contributed by atoms with Gasteiger partial charge in [-0.05, 0) is 6.92 Å². The van der Waals surface area contributed by atoms with Gasteiger partial charge in [0.25, 0.3) is 0 Å². The Kier molecular flexibility index (Phi) is 2.98. The summed E-state index contributed by atoms with van der Waals surface area (Å²) in [4.78, 5) is 8.54. The first kappa shape index (κ1) is 12.2. The van der Waals surface area contributed by atoms with E-state index in [1.807, 2.05) is 23.2 Å². The van der Waals surface area contributed by atoms with Crippen LogP contribution in [0.1, 0.15) is 17.4 Å². The Morgan fingerprint density at radius 1 is 1.42 bits per heavy atom. The van der Waals surface area contributed by atoms with Crippen molar-refractivity contribution in [3.05, 3.63) is 23.7 Å². The molecule has 0 unspecified atom stereocenters. The smallest absolute Gasteiger partial charge is 0.228 e. The lowest BCUT2D eigenvalue weighted by Crippen LogP contribution is -2.08. The van der Waals surface area contributed by atoms with E-state index in [0.29, 0.717) is 24.7 Å². The molecular formula is C11H13ClN6O. The molecule has 0 bridgehead atoms. The van der Waals surface area contributed by atoms with E-state index < -0.39 is 0 Å². The van der Waals surface area contributed by atoms with Crippen LogP contribution >= 0.6 is 11.6 Å². The number of hydrogen-bond donors (Lipinski definition) is 0. The monoisotopic (exact) mass is 280 g/mol. The highest BCUT2D eigenvalue weighted by Crippen LogP contribution is 2.20. The first-order chi connectivity index (χ1) is 9.20. The van der Waals surface area contributed by atoms with Crippen molar-refractivity contribution in [2.75, 3.05) is 0 Å². The molecule has 0 saturated carbocycles. The zero-order chi connectivity index (χ0) is 13.4. The third kappa shape index (κ3) is 1.99. The average molecular weight is 281 g/mol. The molecule has 19 heavy (non-hydrogen) atoms. The standard InChI is InChI=1S/C11H13ClN6O/c1-7-10-11(17(2)16-7)18(8(5-12)15-10)4-3-9-13-6-14-19-9/h6H,3-5H2,1-2H3. The van der Waals surface area contributed by atoms with Gasteiger partial charge in [-0.3, -0.25) is 4.68 Å². The average Bonchev–Trinajstić information content (AvgIpc) is 3.07. The summed E-state index contributed by atoms with van der Waals surface area (Å²) in [5.74, 6) is 1.78. The molecule has 3 heterocycles. The Labute approximate surface area is 114 Å². The first-order valence-electron chi connectivity index (χ1n) is 5.91. The van der Waals surface area contributed by atoms with Crippen molar-refractivity contribution < 1.29 is 4.52 Å². The fraction of sp³-hybridized carbons (Fsp3) is 0.455. The molecule has 8 heteroatoms. The molecule has 100 valence electrons. The molecule has 0 atom stereocenters. The molecule has 0 aromatic carbocycles. The second-order valence-electron chi connectivity index (χ2n) is 4.28. The SMILES string of the molecule is Cc1nn(C)c2c1nc(CCl)n2CCc1ncno1. The van der Waals surface area contributed by atoms with E-state index in [9.17, 15) is 0 Å². The van der Waals surface area contributed by atoms with Crippen molar-refractivity contribution in [3.8, 4) is 0 Å². The van der Waals surface area contributed by atoms with Gasteiger partial charge in [0.1, 0.15) is 11.3 Å². The summed E-state index contributed by atoms with van der Waals surface area (Å²) in [6.45, 7) is 2.62. The molecule has 3 aromatic rings. The molecule has 0 aliphatic heterocycles. The van der Waals surface area contributed by atoms with Gasteiger partial charge in [0.05, 0.1) is 11.6 Å². The molecule has 3 rings (SSSR count). The largest absolute Gasteiger partial charge is 0.340 e. The third-order valence-electron chi connectivity index (χ3n) is 3.04. The van der Waals surface area contributed by atoms with Crippen molar-refractivity contribution in [1.29, 1.82) is 0 Å². The summed E-state index contributed by atoms with van der Waals surface area (Å²) in [7, 11) is 1.90. The maximum Gasteiger partial charge on any atom is 0.228 e. The summed E-state index contributed by atoms with van der Waals surface area (Å²) >= 11 is 5.96. The lowest BCUT2D eigenvalue weighted by Gasteiger charge is -2.06. The quantitative estimate of drug-likeness (QED) is 0.676. The van der Waals surface area contributed by atoms with E-state index in [2.05, 4.69) is 20.2 Å². The Morgan fingerprint density at radius 2 is 2.26 bits per heavy atom. The van der Waals surface area contributed by atoms with Gasteiger partial charge < -0.3 is 9.09 Å². The summed E-state index contributed by atoms with van der Waals surface area (Å²) in [6, 6.07) is 0. The zero-order valence-electron chi connectivity index (χ0n) is 10.7. The highest BCUT2D eigenvalue weighted by Gasteiger charge is 2.17. The highest BCUT2D eigenvalue weighted by molar-refractivity contribution is 6.16. The molecule has 0 amide bonds. The topological polar surface area (TPSA) is 74.6 Å². The van der Waals surface area contributed by atoms with Gasteiger partial charge in [-0.15, -0.1) is 11.6 Å². The molecule has 0 fully saturated rings. The van der Waals surface area contributed by atoms with Gasteiger partial charge in [-0.25, -0.2) is 4.98 Å². The molecule has 7 nitrogen and oxygen atoms in total. The number of alkyl halides is 1. The first-order valence-corrected chi connectivity index (χ1v) is 6.44. The number of halogens is 1.